The highest BCUT2D eigenvalue weighted by Crippen LogP contribution is 2.13. The highest BCUT2D eigenvalue weighted by atomic mass is 16.5. The van der Waals surface area contributed by atoms with E-state index in [1.807, 2.05) is 0 Å². The highest BCUT2D eigenvalue weighted by molar-refractivity contribution is 4.72. The molecule has 102 valence electrons. The standard InChI is InChI=1S/C14H30N2O/c1-13(2)17-10-5-4-8-15-11-14-7-6-9-16(3)12-14/h13-15H,4-12H2,1-3H3. The van der Waals surface area contributed by atoms with E-state index in [-0.39, 0.29) is 0 Å². The van der Waals surface area contributed by atoms with Crippen LogP contribution in [-0.2, 0) is 4.74 Å². The summed E-state index contributed by atoms with van der Waals surface area (Å²) in [5, 5.41) is 3.58. The van der Waals surface area contributed by atoms with Gasteiger partial charge in [-0.3, -0.25) is 0 Å². The Morgan fingerprint density at radius 1 is 1.35 bits per heavy atom. The summed E-state index contributed by atoms with van der Waals surface area (Å²) >= 11 is 0. The fourth-order valence-electron chi connectivity index (χ4n) is 2.42. The van der Waals surface area contributed by atoms with Gasteiger partial charge >= 0.3 is 0 Å². The van der Waals surface area contributed by atoms with Gasteiger partial charge in [0.05, 0.1) is 6.10 Å². The molecule has 0 radical (unpaired) electrons. The largest absolute Gasteiger partial charge is 0.379 e. The van der Waals surface area contributed by atoms with Gasteiger partial charge in [0.2, 0.25) is 0 Å². The molecular formula is C14H30N2O. The van der Waals surface area contributed by atoms with E-state index in [1.54, 1.807) is 0 Å². The maximum absolute atomic E-state index is 5.52. The molecule has 0 amide bonds. The number of piperidine rings is 1. The molecule has 1 rings (SSSR count). The van der Waals surface area contributed by atoms with E-state index in [2.05, 4.69) is 31.1 Å². The number of hydrogen-bond acceptors (Lipinski definition) is 3. The smallest absolute Gasteiger partial charge is 0.0518 e. The van der Waals surface area contributed by atoms with E-state index < -0.39 is 0 Å². The van der Waals surface area contributed by atoms with Crippen molar-refractivity contribution in [2.45, 2.75) is 45.6 Å². The van der Waals surface area contributed by atoms with Gasteiger partial charge in [0.25, 0.3) is 0 Å². The van der Waals surface area contributed by atoms with Crippen LogP contribution < -0.4 is 5.32 Å². The van der Waals surface area contributed by atoms with Gasteiger partial charge < -0.3 is 15.0 Å². The summed E-state index contributed by atoms with van der Waals surface area (Å²) in [5.74, 6) is 0.862. The topological polar surface area (TPSA) is 24.5 Å². The first-order valence-corrected chi connectivity index (χ1v) is 7.19. The summed E-state index contributed by atoms with van der Waals surface area (Å²) in [6.45, 7) is 9.98. The monoisotopic (exact) mass is 242 g/mol. The van der Waals surface area contributed by atoms with E-state index in [0.717, 1.165) is 19.1 Å². The number of nitrogens with zero attached hydrogens (tertiary/aromatic N) is 1. The van der Waals surface area contributed by atoms with E-state index in [4.69, 9.17) is 4.74 Å². The van der Waals surface area contributed by atoms with Gasteiger partial charge in [-0.2, -0.15) is 0 Å². The molecule has 0 bridgehead atoms. The summed E-state index contributed by atoms with van der Waals surface area (Å²) in [4.78, 5) is 2.45. The van der Waals surface area contributed by atoms with Crippen LogP contribution in [0.2, 0.25) is 0 Å². The number of nitrogens with one attached hydrogen (secondary N) is 1. The van der Waals surface area contributed by atoms with E-state index in [1.165, 1.54) is 45.3 Å². The first-order valence-electron chi connectivity index (χ1n) is 7.19. The molecule has 3 heteroatoms. The molecule has 1 unspecified atom stereocenters. The van der Waals surface area contributed by atoms with Crippen LogP contribution in [0.15, 0.2) is 0 Å². The summed E-state index contributed by atoms with van der Waals surface area (Å²) < 4.78 is 5.52. The Kier molecular flexibility index (Phi) is 7.82. The molecular weight excluding hydrogens is 212 g/mol. The number of ether oxygens (including phenoxy) is 1. The van der Waals surface area contributed by atoms with Crippen LogP contribution in [0.4, 0.5) is 0 Å². The van der Waals surface area contributed by atoms with Crippen molar-refractivity contribution in [3.05, 3.63) is 0 Å². The summed E-state index contributed by atoms with van der Waals surface area (Å²) in [6, 6.07) is 0. The van der Waals surface area contributed by atoms with Crippen molar-refractivity contribution in [2.75, 3.05) is 39.8 Å². The predicted molar refractivity (Wildman–Crippen MR) is 73.4 cm³/mol. The van der Waals surface area contributed by atoms with Gasteiger partial charge in [-0.1, -0.05) is 0 Å². The minimum absolute atomic E-state index is 0.376. The average molecular weight is 242 g/mol. The van der Waals surface area contributed by atoms with Gasteiger partial charge in [0, 0.05) is 13.2 Å². The Labute approximate surface area is 107 Å². The zero-order valence-corrected chi connectivity index (χ0v) is 11.9. The third-order valence-electron chi connectivity index (χ3n) is 3.35. The van der Waals surface area contributed by atoms with Gasteiger partial charge in [-0.05, 0) is 72.1 Å². The zero-order valence-electron chi connectivity index (χ0n) is 11.9. The molecule has 1 heterocycles. The molecule has 0 saturated carbocycles. The number of rotatable bonds is 8. The highest BCUT2D eigenvalue weighted by Gasteiger charge is 2.16. The van der Waals surface area contributed by atoms with Crippen LogP contribution in [0, 0.1) is 5.92 Å². The van der Waals surface area contributed by atoms with Crippen LogP contribution >= 0.6 is 0 Å². The number of hydrogen-bond donors (Lipinski definition) is 1. The van der Waals surface area contributed by atoms with Crippen LogP contribution in [0.5, 0.6) is 0 Å². The Balaban J connectivity index is 1.86. The zero-order chi connectivity index (χ0) is 12.5. The lowest BCUT2D eigenvalue weighted by Crippen LogP contribution is -2.37. The first kappa shape index (κ1) is 14.9. The molecule has 0 aromatic heterocycles. The molecule has 1 saturated heterocycles. The van der Waals surface area contributed by atoms with Gasteiger partial charge in [0.15, 0.2) is 0 Å². The molecule has 0 aromatic carbocycles. The van der Waals surface area contributed by atoms with E-state index >= 15 is 0 Å². The quantitative estimate of drug-likeness (QED) is 0.660. The molecule has 1 aliphatic heterocycles. The van der Waals surface area contributed by atoms with Crippen molar-refractivity contribution >= 4 is 0 Å². The predicted octanol–water partition coefficient (Wildman–Crippen LogP) is 2.12. The minimum atomic E-state index is 0.376. The lowest BCUT2D eigenvalue weighted by atomic mass is 9.98. The van der Waals surface area contributed by atoms with Crippen molar-refractivity contribution in [2.24, 2.45) is 5.92 Å². The second-order valence-electron chi connectivity index (χ2n) is 5.60. The normalized spacial score (nSPS) is 22.2. The van der Waals surface area contributed by atoms with Crippen molar-refractivity contribution in [3.63, 3.8) is 0 Å². The second-order valence-corrected chi connectivity index (χ2v) is 5.60. The fraction of sp³-hybridized carbons (Fsp3) is 1.00. The lowest BCUT2D eigenvalue weighted by molar-refractivity contribution is 0.0759. The summed E-state index contributed by atoms with van der Waals surface area (Å²) in [5.41, 5.74) is 0. The second kappa shape index (κ2) is 8.90. The maximum atomic E-state index is 5.52. The third kappa shape index (κ3) is 7.74. The van der Waals surface area contributed by atoms with Crippen LogP contribution in [0.25, 0.3) is 0 Å². The van der Waals surface area contributed by atoms with E-state index in [0.29, 0.717) is 6.10 Å². The molecule has 0 spiro atoms. The molecule has 1 N–H and O–H groups in total. The van der Waals surface area contributed by atoms with Crippen molar-refractivity contribution < 1.29 is 4.74 Å². The average Bonchev–Trinajstić information content (AvgIpc) is 2.27. The summed E-state index contributed by atoms with van der Waals surface area (Å²) in [7, 11) is 2.23. The first-order chi connectivity index (χ1) is 8.18. The lowest BCUT2D eigenvalue weighted by Gasteiger charge is -2.29. The Hall–Kier alpha value is -0.120. The number of likely N-dealkylation sites (tertiary alicyclic amines) is 1. The van der Waals surface area contributed by atoms with Gasteiger partial charge in [0.1, 0.15) is 0 Å². The van der Waals surface area contributed by atoms with Crippen LogP contribution in [-0.4, -0.2) is 50.8 Å². The van der Waals surface area contributed by atoms with Crippen LogP contribution in [0.1, 0.15) is 39.5 Å². The molecule has 1 aliphatic rings. The molecule has 1 fully saturated rings. The minimum Gasteiger partial charge on any atom is -0.379 e. The van der Waals surface area contributed by atoms with Gasteiger partial charge in [-0.25, -0.2) is 0 Å². The Morgan fingerprint density at radius 3 is 2.88 bits per heavy atom. The third-order valence-corrected chi connectivity index (χ3v) is 3.35. The van der Waals surface area contributed by atoms with Crippen molar-refractivity contribution in [1.29, 1.82) is 0 Å². The summed E-state index contributed by atoms with van der Waals surface area (Å²) in [6.07, 6.45) is 5.55. The molecule has 0 aliphatic carbocycles. The Bertz CT molecular complexity index is 185. The molecule has 17 heavy (non-hydrogen) atoms. The Morgan fingerprint density at radius 2 is 2.18 bits per heavy atom. The molecule has 3 nitrogen and oxygen atoms in total. The fourth-order valence-corrected chi connectivity index (χ4v) is 2.42. The molecule has 0 aromatic rings. The number of unbranched alkanes of at least 4 members (excludes halogenated alkanes) is 1. The van der Waals surface area contributed by atoms with Crippen molar-refractivity contribution in [3.8, 4) is 0 Å². The molecule has 1 atom stereocenters. The maximum Gasteiger partial charge on any atom is 0.0518 e. The van der Waals surface area contributed by atoms with E-state index in [9.17, 15) is 0 Å². The van der Waals surface area contributed by atoms with Gasteiger partial charge in [-0.15, -0.1) is 0 Å². The van der Waals surface area contributed by atoms with Crippen LogP contribution in [0.3, 0.4) is 0 Å². The van der Waals surface area contributed by atoms with Crippen molar-refractivity contribution in [1.82, 2.24) is 10.2 Å². The SMILES string of the molecule is CC(C)OCCCCNCC1CCCN(C)C1.